The minimum atomic E-state index is -0.822. The number of carbonyl (C=O) groups is 2. The van der Waals surface area contributed by atoms with Crippen molar-refractivity contribution in [3.05, 3.63) is 64.9 Å². The fourth-order valence-corrected chi connectivity index (χ4v) is 5.05. The van der Waals surface area contributed by atoms with Crippen LogP contribution >= 0.6 is 0 Å². The molecule has 1 aliphatic carbocycles. The third kappa shape index (κ3) is 4.00. The van der Waals surface area contributed by atoms with Crippen LogP contribution in [0.3, 0.4) is 0 Å². The van der Waals surface area contributed by atoms with Crippen LogP contribution in [0.1, 0.15) is 53.4 Å². The summed E-state index contributed by atoms with van der Waals surface area (Å²) in [4.78, 5) is 36.0. The molecule has 0 atom stereocenters. The van der Waals surface area contributed by atoms with Gasteiger partial charge in [-0.2, -0.15) is 5.26 Å². The van der Waals surface area contributed by atoms with E-state index in [1.165, 1.54) is 31.2 Å². The van der Waals surface area contributed by atoms with Crippen molar-refractivity contribution in [1.29, 1.82) is 5.26 Å². The van der Waals surface area contributed by atoms with E-state index in [1.807, 2.05) is 19.1 Å². The van der Waals surface area contributed by atoms with Crippen LogP contribution in [-0.4, -0.2) is 36.1 Å². The lowest BCUT2D eigenvalue weighted by molar-refractivity contribution is 0.0958. The number of ether oxygens (including phenoxy) is 1. The molecule has 2 aliphatic rings. The Morgan fingerprint density at radius 1 is 1.29 bits per heavy atom. The Morgan fingerprint density at radius 2 is 2.08 bits per heavy atom. The molecule has 0 unspecified atom stereocenters. The van der Waals surface area contributed by atoms with Crippen molar-refractivity contribution < 1.29 is 18.7 Å². The van der Waals surface area contributed by atoms with Crippen molar-refractivity contribution >= 4 is 23.3 Å². The van der Waals surface area contributed by atoms with Crippen LogP contribution in [0, 0.1) is 17.1 Å². The number of nitrogens with one attached hydrogen (secondary N) is 2. The lowest BCUT2D eigenvalue weighted by Crippen LogP contribution is -2.40. The highest BCUT2D eigenvalue weighted by Crippen LogP contribution is 2.43. The summed E-state index contributed by atoms with van der Waals surface area (Å²) in [6.45, 7) is 2.03. The monoisotopic (exact) mass is 514 g/mol. The van der Waals surface area contributed by atoms with Crippen LogP contribution in [-0.2, 0) is 18.4 Å². The first-order chi connectivity index (χ1) is 18.4. The van der Waals surface area contributed by atoms with Gasteiger partial charge in [0.15, 0.2) is 5.82 Å². The molecule has 3 aromatic rings. The number of amides is 3. The number of methoxy groups -OCH3 is 1. The van der Waals surface area contributed by atoms with E-state index >= 15 is 4.39 Å². The second kappa shape index (κ2) is 9.74. The van der Waals surface area contributed by atoms with Crippen LogP contribution < -0.4 is 20.3 Å². The highest BCUT2D eigenvalue weighted by molar-refractivity contribution is 6.06. The van der Waals surface area contributed by atoms with Crippen molar-refractivity contribution in [2.24, 2.45) is 0 Å². The predicted molar refractivity (Wildman–Crippen MR) is 140 cm³/mol. The Kier molecular flexibility index (Phi) is 6.45. The first-order valence-electron chi connectivity index (χ1n) is 12.4. The number of pyridine rings is 2. The van der Waals surface area contributed by atoms with Gasteiger partial charge >= 0.3 is 6.03 Å². The lowest BCUT2D eigenvalue weighted by atomic mass is 9.67. The molecular weight excluding hydrogens is 487 g/mol. The number of hydrogen-bond donors (Lipinski definition) is 2. The summed E-state index contributed by atoms with van der Waals surface area (Å²) in [5.41, 5.74) is 3.61. The Morgan fingerprint density at radius 3 is 2.66 bits per heavy atom. The summed E-state index contributed by atoms with van der Waals surface area (Å²) in [6.07, 6.45) is 6.62. The van der Waals surface area contributed by atoms with Gasteiger partial charge in [0, 0.05) is 42.2 Å². The van der Waals surface area contributed by atoms with Crippen molar-refractivity contribution in [2.75, 3.05) is 24.4 Å². The fraction of sp³-hybridized carbons (Fsp3) is 0.321. The quantitative estimate of drug-likeness (QED) is 0.492. The average molecular weight is 515 g/mol. The van der Waals surface area contributed by atoms with Gasteiger partial charge in [-0.15, -0.1) is 0 Å². The standard InChI is InChI=1S/C28H27FN6O3/c1-4-19-24(16-6-7-22(32-12-16)28(15-30)8-5-9-28)33-13-17-14-35(27(37)34-25(17)19)21-11-18(38-3)10-20(23(21)29)26(36)31-2/h6-7,10-13H,4-5,8-9,14H2,1-3H3,(H,31,36)(H,34,37). The number of halogens is 1. The van der Waals surface area contributed by atoms with E-state index in [1.54, 1.807) is 12.4 Å². The molecule has 0 spiro atoms. The molecule has 1 saturated carbocycles. The zero-order chi connectivity index (χ0) is 27.0. The Balaban J connectivity index is 1.51. The molecule has 5 rings (SSSR count). The molecule has 2 N–H and O–H groups in total. The van der Waals surface area contributed by atoms with Gasteiger partial charge in [-0.05, 0) is 43.9 Å². The topological polar surface area (TPSA) is 120 Å². The van der Waals surface area contributed by atoms with Crippen LogP contribution in [0.15, 0.2) is 36.7 Å². The lowest BCUT2D eigenvalue weighted by Gasteiger charge is -2.34. The van der Waals surface area contributed by atoms with Crippen molar-refractivity contribution in [3.63, 3.8) is 0 Å². The third-order valence-corrected chi connectivity index (χ3v) is 7.39. The minimum absolute atomic E-state index is 0.0561. The second-order valence-electron chi connectivity index (χ2n) is 9.42. The van der Waals surface area contributed by atoms with Gasteiger partial charge in [0.1, 0.15) is 5.75 Å². The smallest absolute Gasteiger partial charge is 0.326 e. The number of nitriles is 1. The number of rotatable bonds is 6. The van der Waals surface area contributed by atoms with E-state index in [-0.39, 0.29) is 23.5 Å². The van der Waals surface area contributed by atoms with Gasteiger partial charge in [0.05, 0.1) is 53.5 Å². The van der Waals surface area contributed by atoms with E-state index in [0.717, 1.165) is 36.1 Å². The molecular formula is C28H27FN6O3. The van der Waals surface area contributed by atoms with Gasteiger partial charge in [0.2, 0.25) is 0 Å². The first-order valence-corrected chi connectivity index (χ1v) is 12.4. The van der Waals surface area contributed by atoms with E-state index in [4.69, 9.17) is 4.74 Å². The molecule has 38 heavy (non-hydrogen) atoms. The van der Waals surface area contributed by atoms with Gasteiger partial charge < -0.3 is 15.4 Å². The molecule has 10 heteroatoms. The van der Waals surface area contributed by atoms with Gasteiger partial charge in [-0.1, -0.05) is 6.92 Å². The molecule has 1 aromatic carbocycles. The Labute approximate surface area is 219 Å². The van der Waals surface area contributed by atoms with Gasteiger partial charge in [-0.25, -0.2) is 9.18 Å². The molecule has 1 fully saturated rings. The summed E-state index contributed by atoms with van der Waals surface area (Å²) >= 11 is 0. The van der Waals surface area contributed by atoms with E-state index in [2.05, 4.69) is 26.7 Å². The van der Waals surface area contributed by atoms with Crippen LogP contribution in [0.2, 0.25) is 0 Å². The number of fused-ring (bicyclic) bond motifs is 1. The number of hydrogen-bond acceptors (Lipinski definition) is 6. The molecule has 0 radical (unpaired) electrons. The summed E-state index contributed by atoms with van der Waals surface area (Å²) in [5.74, 6) is -1.20. The Hall–Kier alpha value is -4.52. The molecule has 2 aromatic heterocycles. The molecule has 1 aliphatic heterocycles. The number of anilines is 2. The number of carbonyl (C=O) groups excluding carboxylic acids is 2. The van der Waals surface area contributed by atoms with Crippen LogP contribution in [0.5, 0.6) is 5.75 Å². The number of nitrogens with zero attached hydrogens (tertiary/aromatic N) is 4. The maximum atomic E-state index is 15.4. The fourth-order valence-electron chi connectivity index (χ4n) is 5.05. The minimum Gasteiger partial charge on any atom is -0.497 e. The van der Waals surface area contributed by atoms with E-state index < -0.39 is 23.2 Å². The summed E-state index contributed by atoms with van der Waals surface area (Å²) in [6, 6.07) is 8.35. The molecule has 3 amide bonds. The second-order valence-corrected chi connectivity index (χ2v) is 9.42. The zero-order valence-electron chi connectivity index (χ0n) is 21.4. The molecule has 194 valence electrons. The molecule has 3 heterocycles. The highest BCUT2D eigenvalue weighted by atomic mass is 19.1. The predicted octanol–water partition coefficient (Wildman–Crippen LogP) is 4.71. The van der Waals surface area contributed by atoms with Gasteiger partial charge in [0.25, 0.3) is 5.91 Å². The molecule has 9 nitrogen and oxygen atoms in total. The van der Waals surface area contributed by atoms with Crippen LogP contribution in [0.4, 0.5) is 20.6 Å². The normalized spacial score (nSPS) is 15.6. The van der Waals surface area contributed by atoms with Gasteiger partial charge in [-0.3, -0.25) is 19.7 Å². The molecule has 0 bridgehead atoms. The van der Waals surface area contributed by atoms with E-state index in [0.29, 0.717) is 23.4 Å². The maximum Gasteiger partial charge on any atom is 0.326 e. The number of benzene rings is 1. The maximum absolute atomic E-state index is 15.4. The first kappa shape index (κ1) is 25.1. The summed E-state index contributed by atoms with van der Waals surface area (Å²) < 4.78 is 20.6. The largest absolute Gasteiger partial charge is 0.497 e. The van der Waals surface area contributed by atoms with Crippen LogP contribution in [0.25, 0.3) is 11.3 Å². The number of aromatic nitrogens is 2. The Bertz CT molecular complexity index is 1480. The highest BCUT2D eigenvalue weighted by Gasteiger charge is 2.40. The zero-order valence-corrected chi connectivity index (χ0v) is 21.4. The SMILES string of the molecule is CCc1c(-c2ccc(C3(C#N)CCC3)nc2)ncc2c1NC(=O)N(c1cc(OC)cc(C(=O)NC)c1F)C2. The van der Waals surface area contributed by atoms with Crippen molar-refractivity contribution in [2.45, 2.75) is 44.6 Å². The van der Waals surface area contributed by atoms with Crippen molar-refractivity contribution in [1.82, 2.24) is 15.3 Å². The van der Waals surface area contributed by atoms with E-state index in [9.17, 15) is 14.9 Å². The number of urea groups is 1. The average Bonchev–Trinajstić information content (AvgIpc) is 2.92. The third-order valence-electron chi connectivity index (χ3n) is 7.39. The van der Waals surface area contributed by atoms with Crippen molar-refractivity contribution in [3.8, 4) is 23.1 Å². The summed E-state index contributed by atoms with van der Waals surface area (Å²) in [5, 5.41) is 14.9. The molecule has 0 saturated heterocycles. The summed E-state index contributed by atoms with van der Waals surface area (Å²) in [7, 11) is 2.81.